The molecule has 1 aromatic carbocycles. The Bertz CT molecular complexity index is 606. The number of fused-ring (bicyclic) bond motifs is 2. The van der Waals surface area contributed by atoms with E-state index in [9.17, 15) is 0 Å². The van der Waals surface area contributed by atoms with E-state index in [0.717, 1.165) is 11.4 Å². The summed E-state index contributed by atoms with van der Waals surface area (Å²) < 4.78 is 0. The van der Waals surface area contributed by atoms with Gasteiger partial charge in [0.2, 0.25) is 0 Å². The van der Waals surface area contributed by atoms with Crippen molar-refractivity contribution in [3.63, 3.8) is 0 Å². The Hall–Kier alpha value is -1.84. The lowest BCUT2D eigenvalue weighted by molar-refractivity contribution is 0.364. The van der Waals surface area contributed by atoms with Gasteiger partial charge in [-0.15, -0.1) is 0 Å². The van der Waals surface area contributed by atoms with Gasteiger partial charge in [-0.2, -0.15) is 0 Å². The first kappa shape index (κ1) is 13.2. The van der Waals surface area contributed by atoms with E-state index in [1.54, 1.807) is 0 Å². The molecule has 1 aliphatic heterocycles. The number of likely N-dealkylation sites (N-methyl/N-ethyl adjacent to an activating group) is 2. The lowest BCUT2D eigenvalue weighted by Crippen LogP contribution is -2.55. The van der Waals surface area contributed by atoms with E-state index < -0.39 is 0 Å². The fraction of sp³-hybridized carbons (Fsp3) is 0.294. The van der Waals surface area contributed by atoms with Crippen LogP contribution in [0.4, 0.5) is 5.69 Å². The number of hydrogen-bond acceptors (Lipinski definition) is 3. The summed E-state index contributed by atoms with van der Waals surface area (Å²) in [7, 11) is 4.00. The maximum atomic E-state index is 3.54. The summed E-state index contributed by atoms with van der Waals surface area (Å²) in [6, 6.07) is 8.42. The normalized spacial score (nSPS) is 22.9. The second kappa shape index (κ2) is 4.93. The van der Waals surface area contributed by atoms with Gasteiger partial charge in [0.25, 0.3) is 0 Å². The number of allylic oxidation sites excluding steroid dienone is 4. The predicted octanol–water partition coefficient (Wildman–Crippen LogP) is 2.72. The second-order valence-electron chi connectivity index (χ2n) is 5.33. The molecule has 1 aliphatic carbocycles. The summed E-state index contributed by atoms with van der Waals surface area (Å²) in [5, 5.41) is 10.5. The molecule has 1 atom stereocenters. The number of anilines is 1. The van der Waals surface area contributed by atoms with Gasteiger partial charge in [0.15, 0.2) is 0 Å². The van der Waals surface area contributed by atoms with Gasteiger partial charge in [-0.25, -0.2) is 0 Å². The van der Waals surface area contributed by atoms with E-state index in [4.69, 9.17) is 0 Å². The van der Waals surface area contributed by atoms with Gasteiger partial charge in [0, 0.05) is 22.5 Å². The van der Waals surface area contributed by atoms with Gasteiger partial charge in [0.05, 0.1) is 0 Å². The third-order valence-electron chi connectivity index (χ3n) is 4.15. The van der Waals surface area contributed by atoms with E-state index >= 15 is 0 Å². The average molecular weight is 267 g/mol. The Morgan fingerprint density at radius 2 is 1.90 bits per heavy atom. The van der Waals surface area contributed by atoms with Crippen molar-refractivity contribution < 1.29 is 0 Å². The highest BCUT2D eigenvalue weighted by molar-refractivity contribution is 5.70. The molecule has 1 unspecified atom stereocenters. The zero-order chi connectivity index (χ0) is 14.2. The molecule has 3 nitrogen and oxygen atoms in total. The van der Waals surface area contributed by atoms with Gasteiger partial charge in [0.1, 0.15) is 5.66 Å². The summed E-state index contributed by atoms with van der Waals surface area (Å²) >= 11 is 0. The molecule has 0 fully saturated rings. The van der Waals surface area contributed by atoms with Crippen molar-refractivity contribution in [2.45, 2.75) is 12.6 Å². The lowest BCUT2D eigenvalue weighted by Gasteiger charge is -2.42. The average Bonchev–Trinajstić information content (AvgIpc) is 2.66. The number of rotatable bonds is 2. The summed E-state index contributed by atoms with van der Waals surface area (Å²) in [4.78, 5) is 0. The summed E-state index contributed by atoms with van der Waals surface area (Å²) in [5.41, 5.74) is 4.41. The molecule has 0 bridgehead atoms. The van der Waals surface area contributed by atoms with Crippen LogP contribution in [0.1, 0.15) is 12.5 Å². The van der Waals surface area contributed by atoms with Crippen molar-refractivity contribution >= 4 is 5.69 Å². The minimum Gasteiger partial charge on any atom is -0.355 e. The third kappa shape index (κ3) is 1.82. The van der Waals surface area contributed by atoms with Crippen LogP contribution in [-0.4, -0.2) is 14.1 Å². The van der Waals surface area contributed by atoms with Crippen molar-refractivity contribution in [2.24, 2.45) is 5.92 Å². The van der Waals surface area contributed by atoms with E-state index in [1.165, 1.54) is 11.1 Å². The molecule has 3 N–H and O–H groups in total. The Morgan fingerprint density at radius 1 is 1.15 bits per heavy atom. The SMILES string of the molecule is CNC1(NC)C2=CC(C)C=CC=C2Nc2ccccc21. The van der Waals surface area contributed by atoms with Crippen molar-refractivity contribution in [1.82, 2.24) is 10.6 Å². The minimum absolute atomic E-state index is 0.353. The summed E-state index contributed by atoms with van der Waals surface area (Å²) in [6.45, 7) is 2.21. The number of para-hydroxylation sites is 1. The molecule has 0 radical (unpaired) electrons. The molecular weight excluding hydrogens is 246 g/mol. The van der Waals surface area contributed by atoms with Gasteiger partial charge in [-0.1, -0.05) is 43.4 Å². The standard InChI is InChI=1S/C17H21N3/c1-12-7-6-10-16-14(11-12)17(18-2,19-3)13-8-4-5-9-15(13)20-16/h4-12,18-20H,1-3H3. The number of nitrogens with one attached hydrogen (secondary N) is 3. The van der Waals surface area contributed by atoms with Crippen molar-refractivity contribution in [1.29, 1.82) is 0 Å². The zero-order valence-electron chi connectivity index (χ0n) is 12.2. The molecule has 0 saturated heterocycles. The van der Waals surface area contributed by atoms with Crippen LogP contribution in [0.25, 0.3) is 0 Å². The molecule has 0 amide bonds. The first-order valence-corrected chi connectivity index (χ1v) is 7.07. The summed E-state index contributed by atoms with van der Waals surface area (Å²) in [5.74, 6) is 0.409. The van der Waals surface area contributed by atoms with Crippen LogP contribution in [-0.2, 0) is 5.66 Å². The topological polar surface area (TPSA) is 36.1 Å². The maximum Gasteiger partial charge on any atom is 0.125 e. The summed E-state index contributed by atoms with van der Waals surface area (Å²) in [6.07, 6.45) is 8.79. The van der Waals surface area contributed by atoms with E-state index in [-0.39, 0.29) is 5.66 Å². The van der Waals surface area contributed by atoms with Crippen LogP contribution in [0, 0.1) is 5.92 Å². The largest absolute Gasteiger partial charge is 0.355 e. The molecule has 3 rings (SSSR count). The second-order valence-corrected chi connectivity index (χ2v) is 5.33. The minimum atomic E-state index is -0.353. The fourth-order valence-corrected chi connectivity index (χ4v) is 3.13. The van der Waals surface area contributed by atoms with Crippen molar-refractivity contribution in [3.8, 4) is 0 Å². The molecular formula is C17H21N3. The first-order valence-electron chi connectivity index (χ1n) is 7.07. The maximum absolute atomic E-state index is 3.54. The van der Waals surface area contributed by atoms with Crippen LogP contribution in [0.15, 0.2) is 59.8 Å². The Kier molecular flexibility index (Phi) is 3.24. The molecule has 20 heavy (non-hydrogen) atoms. The molecule has 1 heterocycles. The van der Waals surface area contributed by atoms with Crippen LogP contribution in [0.3, 0.4) is 0 Å². The van der Waals surface area contributed by atoms with Gasteiger partial charge < -0.3 is 5.32 Å². The molecule has 0 spiro atoms. The Labute approximate surface area is 120 Å². The van der Waals surface area contributed by atoms with Gasteiger partial charge >= 0.3 is 0 Å². The zero-order valence-corrected chi connectivity index (χ0v) is 12.2. The Balaban J connectivity index is 2.27. The Morgan fingerprint density at radius 3 is 2.65 bits per heavy atom. The quantitative estimate of drug-likeness (QED) is 0.721. The van der Waals surface area contributed by atoms with Gasteiger partial charge in [-0.05, 0) is 32.2 Å². The van der Waals surface area contributed by atoms with Crippen LogP contribution in [0.2, 0.25) is 0 Å². The molecule has 2 aliphatic rings. The van der Waals surface area contributed by atoms with Gasteiger partial charge in [-0.3, -0.25) is 10.6 Å². The molecule has 1 aromatic rings. The fourth-order valence-electron chi connectivity index (χ4n) is 3.13. The highest BCUT2D eigenvalue weighted by Gasteiger charge is 2.40. The monoisotopic (exact) mass is 267 g/mol. The molecule has 3 heteroatoms. The molecule has 0 saturated carbocycles. The van der Waals surface area contributed by atoms with E-state index in [1.807, 2.05) is 14.1 Å². The van der Waals surface area contributed by atoms with Crippen molar-refractivity contribution in [3.05, 3.63) is 65.4 Å². The number of benzene rings is 1. The van der Waals surface area contributed by atoms with Crippen LogP contribution in [0.5, 0.6) is 0 Å². The lowest BCUT2D eigenvalue weighted by atomic mass is 9.83. The van der Waals surface area contributed by atoms with E-state index in [2.05, 4.69) is 71.4 Å². The smallest absolute Gasteiger partial charge is 0.125 e. The predicted molar refractivity (Wildman–Crippen MR) is 84.3 cm³/mol. The van der Waals surface area contributed by atoms with Crippen LogP contribution >= 0.6 is 0 Å². The van der Waals surface area contributed by atoms with Crippen LogP contribution < -0.4 is 16.0 Å². The third-order valence-corrected chi connectivity index (χ3v) is 4.15. The first-order chi connectivity index (χ1) is 9.71. The van der Waals surface area contributed by atoms with E-state index in [0.29, 0.717) is 5.92 Å². The molecule has 0 aromatic heterocycles. The van der Waals surface area contributed by atoms with Crippen molar-refractivity contribution in [2.75, 3.05) is 19.4 Å². The number of hydrogen-bond donors (Lipinski definition) is 3. The highest BCUT2D eigenvalue weighted by Crippen LogP contribution is 2.42. The molecule has 104 valence electrons. The highest BCUT2D eigenvalue weighted by atomic mass is 15.2.